The smallest absolute Gasteiger partial charge is 0.317 e. The summed E-state index contributed by atoms with van der Waals surface area (Å²) in [4.78, 5) is 13.0. The molecular weight excluding hydrogens is 190 g/mol. The first-order chi connectivity index (χ1) is 6.84. The number of carboxylic acids is 1. The van der Waals surface area contributed by atoms with Crippen LogP contribution in [0.15, 0.2) is 0 Å². The van der Waals surface area contributed by atoms with Crippen LogP contribution in [0.3, 0.4) is 0 Å². The van der Waals surface area contributed by atoms with Gasteiger partial charge in [0.25, 0.3) is 0 Å². The lowest BCUT2D eigenvalue weighted by molar-refractivity contribution is -0.140. The van der Waals surface area contributed by atoms with Crippen LogP contribution in [-0.2, 0) is 4.79 Å². The van der Waals surface area contributed by atoms with E-state index in [4.69, 9.17) is 5.11 Å². The molecule has 0 aliphatic heterocycles. The molecule has 0 bridgehead atoms. The summed E-state index contributed by atoms with van der Waals surface area (Å²) >= 11 is 0. The molecule has 0 spiro atoms. The van der Waals surface area contributed by atoms with Crippen molar-refractivity contribution in [1.29, 1.82) is 0 Å². The average Bonchev–Trinajstić information content (AvgIpc) is 2.40. The fourth-order valence-electron chi connectivity index (χ4n) is 2.73. The maximum absolute atomic E-state index is 10.8. The zero-order valence-electron chi connectivity index (χ0n) is 10.3. The lowest BCUT2D eigenvalue weighted by atomic mass is 9.86. The Kier molecular flexibility index (Phi) is 3.77. The second-order valence-corrected chi connectivity index (χ2v) is 5.56. The van der Waals surface area contributed by atoms with Gasteiger partial charge in [-0.1, -0.05) is 20.3 Å². The Morgan fingerprint density at radius 1 is 1.53 bits per heavy atom. The van der Waals surface area contributed by atoms with Crippen LogP contribution in [-0.4, -0.2) is 34.6 Å². The van der Waals surface area contributed by atoms with Gasteiger partial charge in [-0.2, -0.15) is 0 Å². The molecule has 1 atom stereocenters. The van der Waals surface area contributed by atoms with Gasteiger partial charge in [0.05, 0.1) is 6.54 Å². The summed E-state index contributed by atoms with van der Waals surface area (Å²) < 4.78 is 0. The second-order valence-electron chi connectivity index (χ2n) is 5.56. The molecule has 0 saturated heterocycles. The molecule has 3 nitrogen and oxygen atoms in total. The Bertz CT molecular complexity index is 236. The molecule has 15 heavy (non-hydrogen) atoms. The Morgan fingerprint density at radius 3 is 2.47 bits per heavy atom. The Hall–Kier alpha value is -0.570. The highest BCUT2D eigenvalue weighted by Crippen LogP contribution is 2.41. The fourth-order valence-corrected chi connectivity index (χ4v) is 2.73. The largest absolute Gasteiger partial charge is 0.480 e. The van der Waals surface area contributed by atoms with E-state index in [9.17, 15) is 4.79 Å². The van der Waals surface area contributed by atoms with Gasteiger partial charge < -0.3 is 5.11 Å². The SMILES string of the molecule is CC(C)N(CC(=O)O)C1CCCC1(C)C. The van der Waals surface area contributed by atoms with Gasteiger partial charge in [-0.15, -0.1) is 0 Å². The van der Waals surface area contributed by atoms with Crippen LogP contribution in [0, 0.1) is 5.41 Å². The van der Waals surface area contributed by atoms with E-state index in [0.29, 0.717) is 12.1 Å². The van der Waals surface area contributed by atoms with Gasteiger partial charge in [0.15, 0.2) is 0 Å². The third kappa shape index (κ3) is 2.94. The average molecular weight is 213 g/mol. The van der Waals surface area contributed by atoms with Crippen LogP contribution in [0.2, 0.25) is 0 Å². The van der Waals surface area contributed by atoms with Crippen molar-refractivity contribution in [2.45, 2.75) is 59.0 Å². The molecule has 0 aromatic carbocycles. The standard InChI is InChI=1S/C12H23NO2/c1-9(2)13(8-11(14)15)10-6-5-7-12(10,3)4/h9-10H,5-8H2,1-4H3,(H,14,15). The maximum atomic E-state index is 10.8. The first-order valence-corrected chi connectivity index (χ1v) is 5.82. The molecule has 0 amide bonds. The van der Waals surface area contributed by atoms with Gasteiger partial charge in [0.1, 0.15) is 0 Å². The second kappa shape index (κ2) is 4.52. The summed E-state index contributed by atoms with van der Waals surface area (Å²) in [6, 6.07) is 0.733. The first kappa shape index (κ1) is 12.5. The number of carboxylic acid groups (broad SMARTS) is 1. The molecule has 0 aromatic heterocycles. The third-order valence-corrected chi connectivity index (χ3v) is 3.58. The van der Waals surface area contributed by atoms with Crippen LogP contribution in [0.4, 0.5) is 0 Å². The molecule has 1 saturated carbocycles. The quantitative estimate of drug-likeness (QED) is 0.779. The lowest BCUT2D eigenvalue weighted by Crippen LogP contribution is -2.48. The van der Waals surface area contributed by atoms with E-state index in [0.717, 1.165) is 6.42 Å². The minimum atomic E-state index is -0.716. The van der Waals surface area contributed by atoms with Gasteiger partial charge in [-0.05, 0) is 32.1 Å². The normalized spacial score (nSPS) is 25.1. The van der Waals surface area contributed by atoms with E-state index in [1.165, 1.54) is 12.8 Å². The monoisotopic (exact) mass is 213 g/mol. The van der Waals surface area contributed by atoms with Gasteiger partial charge in [0.2, 0.25) is 0 Å². The Balaban J connectivity index is 2.75. The first-order valence-electron chi connectivity index (χ1n) is 5.82. The van der Waals surface area contributed by atoms with Gasteiger partial charge in [0, 0.05) is 12.1 Å². The van der Waals surface area contributed by atoms with Crippen molar-refractivity contribution in [1.82, 2.24) is 4.90 Å². The molecule has 0 aromatic rings. The number of aliphatic carboxylic acids is 1. The third-order valence-electron chi connectivity index (χ3n) is 3.58. The van der Waals surface area contributed by atoms with Gasteiger partial charge >= 0.3 is 5.97 Å². The lowest BCUT2D eigenvalue weighted by Gasteiger charge is -2.39. The Labute approximate surface area is 92.5 Å². The van der Waals surface area contributed by atoms with Crippen LogP contribution in [0.5, 0.6) is 0 Å². The molecule has 1 N–H and O–H groups in total. The van der Waals surface area contributed by atoms with Crippen LogP contribution >= 0.6 is 0 Å². The van der Waals surface area contributed by atoms with E-state index in [-0.39, 0.29) is 12.0 Å². The number of nitrogens with zero attached hydrogens (tertiary/aromatic N) is 1. The van der Waals surface area contributed by atoms with Gasteiger partial charge in [-0.25, -0.2) is 0 Å². The summed E-state index contributed by atoms with van der Waals surface area (Å²) in [5.74, 6) is -0.716. The number of hydrogen-bond donors (Lipinski definition) is 1. The summed E-state index contributed by atoms with van der Waals surface area (Å²) in [6.45, 7) is 8.84. The van der Waals surface area contributed by atoms with Crippen LogP contribution in [0.25, 0.3) is 0 Å². The molecule has 1 aliphatic rings. The zero-order chi connectivity index (χ0) is 11.6. The van der Waals surface area contributed by atoms with Gasteiger partial charge in [-0.3, -0.25) is 9.69 Å². The van der Waals surface area contributed by atoms with E-state index < -0.39 is 5.97 Å². The van der Waals surface area contributed by atoms with Crippen LogP contribution < -0.4 is 0 Å². The Morgan fingerprint density at radius 2 is 2.13 bits per heavy atom. The van der Waals surface area contributed by atoms with E-state index >= 15 is 0 Å². The van der Waals surface area contributed by atoms with E-state index in [1.54, 1.807) is 0 Å². The highest BCUT2D eigenvalue weighted by atomic mass is 16.4. The fraction of sp³-hybridized carbons (Fsp3) is 0.917. The van der Waals surface area contributed by atoms with E-state index in [1.807, 2.05) is 0 Å². The van der Waals surface area contributed by atoms with Crippen LogP contribution in [0.1, 0.15) is 47.0 Å². The van der Waals surface area contributed by atoms with Crippen molar-refractivity contribution in [3.8, 4) is 0 Å². The molecule has 0 radical (unpaired) electrons. The number of carbonyl (C=O) groups is 1. The van der Waals surface area contributed by atoms with E-state index in [2.05, 4.69) is 32.6 Å². The summed E-state index contributed by atoms with van der Waals surface area (Å²) in [7, 11) is 0. The minimum absolute atomic E-state index is 0.172. The summed E-state index contributed by atoms with van der Waals surface area (Å²) in [5, 5.41) is 8.92. The topological polar surface area (TPSA) is 40.5 Å². The molecule has 1 aliphatic carbocycles. The molecule has 1 fully saturated rings. The molecule has 0 heterocycles. The number of hydrogen-bond acceptors (Lipinski definition) is 2. The molecule has 1 unspecified atom stereocenters. The number of rotatable bonds is 4. The summed E-state index contributed by atoms with van der Waals surface area (Å²) in [6.07, 6.45) is 3.57. The minimum Gasteiger partial charge on any atom is -0.480 e. The maximum Gasteiger partial charge on any atom is 0.317 e. The van der Waals surface area contributed by atoms with Crippen molar-refractivity contribution in [3.05, 3.63) is 0 Å². The predicted molar refractivity (Wildman–Crippen MR) is 60.9 cm³/mol. The predicted octanol–water partition coefficient (Wildman–Crippen LogP) is 2.36. The van der Waals surface area contributed by atoms with Crippen molar-refractivity contribution >= 4 is 5.97 Å². The van der Waals surface area contributed by atoms with Crippen molar-refractivity contribution in [3.63, 3.8) is 0 Å². The highest BCUT2D eigenvalue weighted by molar-refractivity contribution is 5.69. The molecule has 3 heteroatoms. The van der Waals surface area contributed by atoms with Crippen molar-refractivity contribution in [2.24, 2.45) is 5.41 Å². The van der Waals surface area contributed by atoms with Crippen molar-refractivity contribution < 1.29 is 9.90 Å². The molecule has 1 rings (SSSR count). The highest BCUT2D eigenvalue weighted by Gasteiger charge is 2.39. The zero-order valence-corrected chi connectivity index (χ0v) is 10.3. The molecule has 88 valence electrons. The molecular formula is C12H23NO2. The summed E-state index contributed by atoms with van der Waals surface area (Å²) in [5.41, 5.74) is 0.264. The van der Waals surface area contributed by atoms with Crippen molar-refractivity contribution in [2.75, 3.05) is 6.54 Å².